The molecule has 0 bridgehead atoms. The molecule has 160 valence electrons. The second-order valence-electron chi connectivity index (χ2n) is 7.23. The van der Waals surface area contributed by atoms with Crippen molar-refractivity contribution in [3.8, 4) is 16.9 Å². The SMILES string of the molecule is Cc1cc(-c2csc(NC(=O)CCn3c(C)csc3=O)n2)c(C)n1-c1ccc(F)cc1. The normalized spacial score (nSPS) is 11.1. The number of carbonyl (C=O) groups is 1. The van der Waals surface area contributed by atoms with Crippen molar-refractivity contribution in [3.63, 3.8) is 0 Å². The summed E-state index contributed by atoms with van der Waals surface area (Å²) in [5.41, 5.74) is 5.46. The molecule has 0 spiro atoms. The molecule has 31 heavy (non-hydrogen) atoms. The molecule has 1 aromatic carbocycles. The molecule has 1 N–H and O–H groups in total. The number of aromatic nitrogens is 3. The second-order valence-corrected chi connectivity index (χ2v) is 8.91. The molecule has 3 heterocycles. The van der Waals surface area contributed by atoms with Crippen LogP contribution in [0.3, 0.4) is 0 Å². The molecule has 0 aliphatic carbocycles. The lowest BCUT2D eigenvalue weighted by Gasteiger charge is -2.09. The zero-order valence-corrected chi connectivity index (χ0v) is 18.9. The van der Waals surface area contributed by atoms with Gasteiger partial charge in [-0.05, 0) is 51.1 Å². The van der Waals surface area contributed by atoms with Crippen LogP contribution >= 0.6 is 22.7 Å². The van der Waals surface area contributed by atoms with Crippen LogP contribution in [0.1, 0.15) is 23.5 Å². The van der Waals surface area contributed by atoms with Gasteiger partial charge >= 0.3 is 4.87 Å². The Bertz CT molecular complexity index is 1300. The third kappa shape index (κ3) is 4.38. The van der Waals surface area contributed by atoms with E-state index in [1.807, 2.05) is 36.8 Å². The Morgan fingerprint density at radius 3 is 2.52 bits per heavy atom. The lowest BCUT2D eigenvalue weighted by Crippen LogP contribution is -2.20. The molecular weight excluding hydrogens is 435 g/mol. The number of anilines is 1. The van der Waals surface area contributed by atoms with Crippen molar-refractivity contribution in [2.45, 2.75) is 33.7 Å². The minimum Gasteiger partial charge on any atom is -0.318 e. The Labute approximate surface area is 186 Å². The highest BCUT2D eigenvalue weighted by Gasteiger charge is 2.16. The first-order valence-electron chi connectivity index (χ1n) is 9.69. The number of carbonyl (C=O) groups excluding carboxylic acids is 1. The average molecular weight is 457 g/mol. The van der Waals surface area contributed by atoms with E-state index in [-0.39, 0.29) is 23.0 Å². The summed E-state index contributed by atoms with van der Waals surface area (Å²) >= 11 is 2.49. The zero-order chi connectivity index (χ0) is 22.1. The summed E-state index contributed by atoms with van der Waals surface area (Å²) in [6.45, 7) is 6.18. The number of aryl methyl sites for hydroxylation is 2. The molecule has 0 aliphatic rings. The Hall–Kier alpha value is -3.04. The maximum Gasteiger partial charge on any atom is 0.307 e. The van der Waals surface area contributed by atoms with Crippen LogP contribution in [-0.4, -0.2) is 20.0 Å². The first-order valence-corrected chi connectivity index (χ1v) is 11.4. The van der Waals surface area contributed by atoms with Crippen LogP contribution < -0.4 is 10.2 Å². The Kier molecular flexibility index (Phi) is 5.88. The Morgan fingerprint density at radius 2 is 1.84 bits per heavy atom. The first-order chi connectivity index (χ1) is 14.8. The van der Waals surface area contributed by atoms with E-state index in [0.717, 1.165) is 45.4 Å². The standard InChI is InChI=1S/C22H21FN4O2S2/c1-13-10-18(15(3)27(13)17-6-4-16(23)5-7-17)19-12-30-21(24-19)25-20(28)8-9-26-14(2)11-31-22(26)29/h4-7,10-12H,8-9H2,1-3H3,(H,24,25,28). The number of hydrogen-bond donors (Lipinski definition) is 1. The summed E-state index contributed by atoms with van der Waals surface area (Å²) < 4.78 is 16.9. The van der Waals surface area contributed by atoms with Crippen LogP contribution in [0.25, 0.3) is 16.9 Å². The van der Waals surface area contributed by atoms with Gasteiger partial charge in [0.2, 0.25) is 5.91 Å². The summed E-state index contributed by atoms with van der Waals surface area (Å²) in [4.78, 5) is 28.6. The van der Waals surface area contributed by atoms with Gasteiger partial charge in [0, 0.05) is 52.1 Å². The molecule has 1 amide bonds. The smallest absolute Gasteiger partial charge is 0.307 e. The van der Waals surface area contributed by atoms with Crippen molar-refractivity contribution in [2.75, 3.05) is 5.32 Å². The maximum atomic E-state index is 13.3. The first kappa shape index (κ1) is 21.2. The monoisotopic (exact) mass is 456 g/mol. The third-order valence-corrected chi connectivity index (χ3v) is 6.72. The van der Waals surface area contributed by atoms with Gasteiger partial charge in [-0.1, -0.05) is 11.3 Å². The number of rotatable bonds is 6. The molecule has 0 fully saturated rings. The van der Waals surface area contributed by atoms with Crippen LogP contribution in [-0.2, 0) is 11.3 Å². The Balaban J connectivity index is 1.49. The van der Waals surface area contributed by atoms with Gasteiger partial charge in [-0.2, -0.15) is 0 Å². The van der Waals surface area contributed by atoms with E-state index in [0.29, 0.717) is 11.7 Å². The van der Waals surface area contributed by atoms with E-state index in [4.69, 9.17) is 0 Å². The summed E-state index contributed by atoms with van der Waals surface area (Å²) in [5, 5.41) is 7.03. The Morgan fingerprint density at radius 1 is 1.10 bits per heavy atom. The van der Waals surface area contributed by atoms with Gasteiger partial charge in [0.05, 0.1) is 5.69 Å². The highest BCUT2D eigenvalue weighted by Crippen LogP contribution is 2.31. The molecule has 0 saturated carbocycles. The molecule has 0 unspecified atom stereocenters. The van der Waals surface area contributed by atoms with Gasteiger partial charge in [0.1, 0.15) is 5.82 Å². The van der Waals surface area contributed by atoms with E-state index in [1.165, 1.54) is 23.5 Å². The fraction of sp³-hybridized carbons (Fsp3) is 0.227. The number of hydrogen-bond acceptors (Lipinski definition) is 5. The van der Waals surface area contributed by atoms with E-state index < -0.39 is 0 Å². The second kappa shape index (κ2) is 8.60. The number of halogens is 1. The summed E-state index contributed by atoms with van der Waals surface area (Å²) in [6, 6.07) is 8.40. The van der Waals surface area contributed by atoms with E-state index in [2.05, 4.69) is 10.3 Å². The molecule has 0 radical (unpaired) electrons. The fourth-order valence-electron chi connectivity index (χ4n) is 3.53. The highest BCUT2D eigenvalue weighted by atomic mass is 32.1. The molecule has 0 saturated heterocycles. The third-order valence-electron chi connectivity index (χ3n) is 5.08. The minimum absolute atomic E-state index is 0.0571. The molecule has 9 heteroatoms. The number of thiazole rings is 2. The van der Waals surface area contributed by atoms with E-state index in [9.17, 15) is 14.0 Å². The number of benzene rings is 1. The molecule has 0 aliphatic heterocycles. The molecule has 4 rings (SSSR count). The molecular formula is C22H21FN4O2S2. The van der Waals surface area contributed by atoms with Crippen molar-refractivity contribution < 1.29 is 9.18 Å². The fourth-order valence-corrected chi connectivity index (χ4v) is 5.02. The summed E-state index contributed by atoms with van der Waals surface area (Å²) in [7, 11) is 0. The zero-order valence-electron chi connectivity index (χ0n) is 17.3. The average Bonchev–Trinajstić information content (AvgIpc) is 3.40. The lowest BCUT2D eigenvalue weighted by molar-refractivity contribution is -0.116. The van der Waals surface area contributed by atoms with Gasteiger partial charge in [-0.3, -0.25) is 9.59 Å². The minimum atomic E-state index is -0.273. The summed E-state index contributed by atoms with van der Waals surface area (Å²) in [5.74, 6) is -0.458. The number of amides is 1. The molecule has 0 atom stereocenters. The quantitative estimate of drug-likeness (QED) is 0.448. The number of nitrogens with one attached hydrogen (secondary N) is 1. The van der Waals surface area contributed by atoms with Crippen molar-refractivity contribution in [1.29, 1.82) is 0 Å². The van der Waals surface area contributed by atoms with Gasteiger partial charge in [0.15, 0.2) is 5.13 Å². The van der Waals surface area contributed by atoms with Crippen LogP contribution in [0.15, 0.2) is 45.9 Å². The summed E-state index contributed by atoms with van der Waals surface area (Å²) in [6.07, 6.45) is 0.200. The number of nitrogens with zero attached hydrogens (tertiary/aromatic N) is 3. The van der Waals surface area contributed by atoms with E-state index in [1.54, 1.807) is 22.1 Å². The van der Waals surface area contributed by atoms with Crippen LogP contribution in [0, 0.1) is 26.6 Å². The predicted molar refractivity (Wildman–Crippen MR) is 123 cm³/mol. The van der Waals surface area contributed by atoms with Gasteiger partial charge in [-0.25, -0.2) is 9.37 Å². The van der Waals surface area contributed by atoms with Crippen molar-refractivity contribution in [3.05, 3.63) is 73.7 Å². The molecule has 3 aromatic heterocycles. The van der Waals surface area contributed by atoms with Crippen molar-refractivity contribution in [2.24, 2.45) is 0 Å². The topological polar surface area (TPSA) is 68.9 Å². The molecule has 4 aromatic rings. The van der Waals surface area contributed by atoms with Gasteiger partial charge in [0.25, 0.3) is 0 Å². The predicted octanol–water partition coefficient (Wildman–Crippen LogP) is 4.92. The maximum absolute atomic E-state index is 13.3. The van der Waals surface area contributed by atoms with Crippen molar-refractivity contribution in [1.82, 2.24) is 14.1 Å². The van der Waals surface area contributed by atoms with Gasteiger partial charge in [-0.15, -0.1) is 11.3 Å². The van der Waals surface area contributed by atoms with Crippen molar-refractivity contribution >= 4 is 33.7 Å². The van der Waals surface area contributed by atoms with Crippen LogP contribution in [0.4, 0.5) is 9.52 Å². The largest absolute Gasteiger partial charge is 0.318 e. The lowest BCUT2D eigenvalue weighted by atomic mass is 10.2. The van der Waals surface area contributed by atoms with E-state index >= 15 is 0 Å². The van der Waals surface area contributed by atoms with Crippen LogP contribution in [0.5, 0.6) is 0 Å². The highest BCUT2D eigenvalue weighted by molar-refractivity contribution is 7.14. The molecule has 6 nitrogen and oxygen atoms in total. The van der Waals surface area contributed by atoms with Gasteiger partial charge < -0.3 is 14.5 Å². The van der Waals surface area contributed by atoms with Crippen LogP contribution in [0.2, 0.25) is 0 Å².